The van der Waals surface area contributed by atoms with E-state index >= 15 is 0 Å². The Balaban J connectivity index is 1.75. The van der Waals surface area contributed by atoms with E-state index in [0.717, 1.165) is 24.8 Å². The number of hydrogen-bond acceptors (Lipinski definition) is 6. The number of aliphatic hydroxyl groups is 3. The Kier molecular flexibility index (Phi) is 7.01. The highest BCUT2D eigenvalue weighted by atomic mass is 16.3. The third kappa shape index (κ3) is 3.89. The fourth-order valence-corrected chi connectivity index (χ4v) is 9.58. The van der Waals surface area contributed by atoms with E-state index < -0.39 is 40.5 Å². The van der Waals surface area contributed by atoms with Gasteiger partial charge in [-0.1, -0.05) is 26.3 Å². The highest BCUT2D eigenvalue weighted by molar-refractivity contribution is 6.22. The Hall–Kier alpha value is -1.37. The van der Waals surface area contributed by atoms with Crippen molar-refractivity contribution in [1.82, 2.24) is 0 Å². The maximum Gasteiger partial charge on any atom is 0.175 e. The van der Waals surface area contributed by atoms with Crippen LogP contribution in [-0.2, 0) is 14.4 Å². The number of fused-ring (bicyclic) bond motifs is 3. The van der Waals surface area contributed by atoms with Crippen molar-refractivity contribution in [3.05, 3.63) is 11.1 Å². The summed E-state index contributed by atoms with van der Waals surface area (Å²) >= 11 is 0. The van der Waals surface area contributed by atoms with Crippen LogP contribution in [0.2, 0.25) is 0 Å². The molecule has 8 unspecified atom stereocenters. The molecule has 0 amide bonds. The normalized spacial score (nSPS) is 47.5. The lowest BCUT2D eigenvalue weighted by atomic mass is 9.37. The van der Waals surface area contributed by atoms with Gasteiger partial charge in [0.05, 0.1) is 29.3 Å². The van der Waals surface area contributed by atoms with Crippen LogP contribution in [0.1, 0.15) is 93.4 Å². The summed E-state index contributed by atoms with van der Waals surface area (Å²) in [6, 6.07) is 0. The van der Waals surface area contributed by atoms with Crippen LogP contribution in [0.3, 0.4) is 0 Å². The third-order valence-electron chi connectivity index (χ3n) is 11.3. The smallest absolute Gasteiger partial charge is 0.175 e. The molecule has 36 heavy (non-hydrogen) atoms. The molecule has 0 aromatic carbocycles. The van der Waals surface area contributed by atoms with Gasteiger partial charge in [0.2, 0.25) is 0 Å². The van der Waals surface area contributed by atoms with E-state index in [0.29, 0.717) is 37.5 Å². The van der Waals surface area contributed by atoms with Gasteiger partial charge in [0, 0.05) is 18.3 Å². The first-order chi connectivity index (χ1) is 16.6. The van der Waals surface area contributed by atoms with Gasteiger partial charge in [-0.15, -0.1) is 0 Å². The fraction of sp³-hybridized carbons (Fsp3) is 0.833. The van der Waals surface area contributed by atoms with Crippen LogP contribution in [0.4, 0.5) is 0 Å². The number of carbonyl (C=O) groups is 3. The first-order valence-corrected chi connectivity index (χ1v) is 13.9. The molecule has 6 heteroatoms. The Labute approximate surface area is 215 Å². The second-order valence-corrected chi connectivity index (χ2v) is 13.7. The van der Waals surface area contributed by atoms with Crippen molar-refractivity contribution < 1.29 is 29.7 Å². The summed E-state index contributed by atoms with van der Waals surface area (Å²) in [6.45, 7) is 13.1. The van der Waals surface area contributed by atoms with E-state index in [1.807, 2.05) is 6.92 Å². The number of rotatable bonds is 5. The molecule has 4 aliphatic carbocycles. The molecule has 4 rings (SSSR count). The number of allylic oxidation sites excluding steroid dienone is 2. The van der Waals surface area contributed by atoms with E-state index in [2.05, 4.69) is 20.8 Å². The van der Waals surface area contributed by atoms with Gasteiger partial charge in [-0.25, -0.2) is 0 Å². The average molecular weight is 503 g/mol. The van der Waals surface area contributed by atoms with Crippen LogP contribution < -0.4 is 0 Å². The lowest BCUT2D eigenvalue weighted by Gasteiger charge is -2.67. The van der Waals surface area contributed by atoms with E-state index in [-0.39, 0.29) is 34.8 Å². The van der Waals surface area contributed by atoms with Gasteiger partial charge in [0.15, 0.2) is 11.6 Å². The third-order valence-corrected chi connectivity index (χ3v) is 11.3. The number of carbonyl (C=O) groups excluding carboxylic acids is 3. The zero-order chi connectivity index (χ0) is 27.0. The molecule has 0 aromatic heterocycles. The van der Waals surface area contributed by atoms with Gasteiger partial charge in [-0.05, 0) is 94.8 Å². The second kappa shape index (κ2) is 9.13. The molecule has 0 radical (unpaired) electrons. The Morgan fingerprint density at radius 3 is 2.31 bits per heavy atom. The number of ketones is 3. The van der Waals surface area contributed by atoms with Gasteiger partial charge >= 0.3 is 0 Å². The molecule has 4 aliphatic rings. The minimum atomic E-state index is -1.18. The highest BCUT2D eigenvalue weighted by Crippen LogP contribution is 2.69. The van der Waals surface area contributed by atoms with E-state index in [1.165, 1.54) is 6.92 Å². The van der Waals surface area contributed by atoms with Crippen LogP contribution in [0.5, 0.6) is 0 Å². The molecule has 0 saturated heterocycles. The molecule has 6 nitrogen and oxygen atoms in total. The predicted molar refractivity (Wildman–Crippen MR) is 137 cm³/mol. The van der Waals surface area contributed by atoms with Gasteiger partial charge < -0.3 is 20.1 Å². The number of hydrogen-bond donors (Lipinski definition) is 3. The maximum atomic E-state index is 13.9. The standard InChI is InChI=1S/C30H46O6/c1-15(8-9-17(3)31)19-10-11-21(33)23-20(19)13-28(5)14-29(6)12-16(2)22(18(4)32)26(35)30(29,7)27(36)24(28)25(23)34/h15,19-21,23-25,27,33-34,36H,8-14H2,1-7H3/t15?,19?,20?,21?,23?,24?,25?,27?,28-,29+,30-/m0/s1. The monoisotopic (exact) mass is 502 g/mol. The summed E-state index contributed by atoms with van der Waals surface area (Å²) < 4.78 is 0. The molecular formula is C30H46O6. The van der Waals surface area contributed by atoms with Gasteiger partial charge in [-0.3, -0.25) is 9.59 Å². The highest BCUT2D eigenvalue weighted by Gasteiger charge is 2.70. The van der Waals surface area contributed by atoms with E-state index in [9.17, 15) is 29.7 Å². The molecular weight excluding hydrogens is 456 g/mol. The van der Waals surface area contributed by atoms with Gasteiger partial charge in [0.25, 0.3) is 0 Å². The van der Waals surface area contributed by atoms with E-state index in [4.69, 9.17) is 0 Å². The molecule has 3 N–H and O–H groups in total. The van der Waals surface area contributed by atoms with Crippen molar-refractivity contribution in [2.75, 3.05) is 0 Å². The van der Waals surface area contributed by atoms with Crippen molar-refractivity contribution >= 4 is 17.3 Å². The summed E-state index contributed by atoms with van der Waals surface area (Å²) in [5, 5.41) is 34.9. The zero-order valence-electron chi connectivity index (χ0n) is 23.1. The maximum absolute atomic E-state index is 13.9. The Morgan fingerprint density at radius 1 is 1.08 bits per heavy atom. The van der Waals surface area contributed by atoms with Crippen molar-refractivity contribution in [2.24, 2.45) is 45.8 Å². The molecule has 0 aliphatic heterocycles. The molecule has 3 fully saturated rings. The number of aliphatic hydroxyl groups excluding tert-OH is 3. The minimum absolute atomic E-state index is 0.0934. The van der Waals surface area contributed by atoms with Crippen molar-refractivity contribution in [3.63, 3.8) is 0 Å². The predicted octanol–water partition coefficient (Wildman–Crippen LogP) is 4.04. The first-order valence-electron chi connectivity index (χ1n) is 13.9. The van der Waals surface area contributed by atoms with E-state index in [1.54, 1.807) is 13.8 Å². The quantitative estimate of drug-likeness (QED) is 0.489. The Morgan fingerprint density at radius 2 is 1.72 bits per heavy atom. The molecule has 0 spiro atoms. The minimum Gasteiger partial charge on any atom is -0.393 e. The van der Waals surface area contributed by atoms with Crippen LogP contribution in [0.15, 0.2) is 11.1 Å². The second-order valence-electron chi connectivity index (χ2n) is 13.7. The summed E-state index contributed by atoms with van der Waals surface area (Å²) in [6.07, 6.45) is 2.10. The average Bonchev–Trinajstić information content (AvgIpc) is 2.74. The Bertz CT molecular complexity index is 984. The molecule has 0 heterocycles. The van der Waals surface area contributed by atoms with Crippen LogP contribution >= 0.6 is 0 Å². The molecule has 0 aromatic rings. The van der Waals surface area contributed by atoms with Gasteiger partial charge in [0.1, 0.15) is 5.78 Å². The fourth-order valence-electron chi connectivity index (χ4n) is 9.58. The molecule has 0 bridgehead atoms. The first kappa shape index (κ1) is 27.7. The van der Waals surface area contributed by atoms with Crippen LogP contribution in [-0.4, -0.2) is 51.0 Å². The SMILES string of the molecule is CC(=O)CCC(C)C1CCC(O)C2C(O)C3C(O)[C@]4(C)C(=O)C(C(C)=O)=C(C)C[C@]4(C)C[C@]3(C)CC12. The van der Waals surface area contributed by atoms with Crippen molar-refractivity contribution in [2.45, 2.75) is 112 Å². The van der Waals surface area contributed by atoms with Crippen LogP contribution in [0.25, 0.3) is 0 Å². The summed E-state index contributed by atoms with van der Waals surface area (Å²) in [5.41, 5.74) is -1.15. The lowest BCUT2D eigenvalue weighted by Crippen LogP contribution is -2.70. The summed E-state index contributed by atoms with van der Waals surface area (Å²) in [5.74, 6) is -0.627. The summed E-state index contributed by atoms with van der Waals surface area (Å²) in [4.78, 5) is 37.9. The topological polar surface area (TPSA) is 112 Å². The molecule has 202 valence electrons. The molecule has 3 saturated carbocycles. The zero-order valence-corrected chi connectivity index (χ0v) is 23.1. The van der Waals surface area contributed by atoms with Crippen molar-refractivity contribution in [3.8, 4) is 0 Å². The van der Waals surface area contributed by atoms with Crippen LogP contribution in [0, 0.1) is 45.8 Å². The largest absolute Gasteiger partial charge is 0.393 e. The van der Waals surface area contributed by atoms with Crippen molar-refractivity contribution in [1.29, 1.82) is 0 Å². The number of Topliss-reactive ketones (excluding diaryl/α,β-unsaturated/α-hetero) is 3. The summed E-state index contributed by atoms with van der Waals surface area (Å²) in [7, 11) is 0. The lowest BCUT2D eigenvalue weighted by molar-refractivity contribution is -0.251. The molecule has 11 atom stereocenters. The van der Waals surface area contributed by atoms with Gasteiger partial charge in [-0.2, -0.15) is 0 Å².